The lowest BCUT2D eigenvalue weighted by atomic mass is 9.69. The SMILES string of the molecule is CCNC(C1CCCC(C)C1)C(CC)(CC)N(CC)CC. The summed E-state index contributed by atoms with van der Waals surface area (Å²) in [6.07, 6.45) is 8.22. The Labute approximate surface area is 134 Å². The Hall–Kier alpha value is -0.0800. The molecule has 0 spiro atoms. The van der Waals surface area contributed by atoms with Crippen LogP contribution in [0.4, 0.5) is 0 Å². The Morgan fingerprint density at radius 1 is 1.05 bits per heavy atom. The van der Waals surface area contributed by atoms with Crippen LogP contribution in [0.5, 0.6) is 0 Å². The van der Waals surface area contributed by atoms with Crippen LogP contribution in [-0.4, -0.2) is 36.1 Å². The highest BCUT2D eigenvalue weighted by molar-refractivity contribution is 5.02. The number of nitrogens with one attached hydrogen (secondary N) is 1. The van der Waals surface area contributed by atoms with E-state index in [4.69, 9.17) is 0 Å². The first kappa shape index (κ1) is 19.0. The van der Waals surface area contributed by atoms with Crippen LogP contribution in [-0.2, 0) is 0 Å². The second-order valence-corrected chi connectivity index (χ2v) is 7.05. The van der Waals surface area contributed by atoms with E-state index in [-0.39, 0.29) is 0 Å². The van der Waals surface area contributed by atoms with E-state index in [9.17, 15) is 0 Å². The molecule has 3 atom stereocenters. The van der Waals surface area contributed by atoms with Gasteiger partial charge in [0.05, 0.1) is 0 Å². The number of rotatable bonds is 9. The fourth-order valence-electron chi connectivity index (χ4n) is 4.99. The molecule has 0 amide bonds. The van der Waals surface area contributed by atoms with Gasteiger partial charge in [0.1, 0.15) is 0 Å². The fraction of sp³-hybridized carbons (Fsp3) is 1.00. The third kappa shape index (κ3) is 4.22. The van der Waals surface area contributed by atoms with Crippen LogP contribution in [0.3, 0.4) is 0 Å². The van der Waals surface area contributed by atoms with Crippen molar-refractivity contribution in [3.8, 4) is 0 Å². The monoisotopic (exact) mass is 296 g/mol. The molecular formula is C19H40N2. The molecule has 1 rings (SSSR count). The van der Waals surface area contributed by atoms with Gasteiger partial charge >= 0.3 is 0 Å². The second kappa shape index (κ2) is 9.15. The van der Waals surface area contributed by atoms with Crippen molar-refractivity contribution in [3.63, 3.8) is 0 Å². The van der Waals surface area contributed by atoms with Gasteiger partial charge in [-0.2, -0.15) is 0 Å². The molecule has 3 unspecified atom stereocenters. The van der Waals surface area contributed by atoms with Gasteiger partial charge in [-0.05, 0) is 57.2 Å². The van der Waals surface area contributed by atoms with E-state index in [1.165, 1.54) is 51.6 Å². The summed E-state index contributed by atoms with van der Waals surface area (Å²) < 4.78 is 0. The van der Waals surface area contributed by atoms with Gasteiger partial charge in [-0.25, -0.2) is 0 Å². The molecule has 2 nitrogen and oxygen atoms in total. The fourth-order valence-corrected chi connectivity index (χ4v) is 4.99. The molecule has 0 aliphatic heterocycles. The van der Waals surface area contributed by atoms with E-state index in [0.717, 1.165) is 18.4 Å². The van der Waals surface area contributed by atoms with Crippen LogP contribution in [0.2, 0.25) is 0 Å². The highest BCUT2D eigenvalue weighted by Crippen LogP contribution is 2.39. The normalized spacial score (nSPS) is 25.3. The lowest BCUT2D eigenvalue weighted by Gasteiger charge is -2.52. The maximum Gasteiger partial charge on any atom is 0.0359 e. The van der Waals surface area contributed by atoms with Gasteiger partial charge in [0.15, 0.2) is 0 Å². The van der Waals surface area contributed by atoms with Crippen molar-refractivity contribution in [1.82, 2.24) is 10.2 Å². The van der Waals surface area contributed by atoms with Crippen LogP contribution in [0.1, 0.15) is 80.1 Å². The molecule has 1 saturated carbocycles. The van der Waals surface area contributed by atoms with Crippen molar-refractivity contribution in [2.24, 2.45) is 11.8 Å². The molecule has 1 aliphatic rings. The zero-order chi connectivity index (χ0) is 15.9. The van der Waals surface area contributed by atoms with E-state index >= 15 is 0 Å². The number of hydrogen-bond donors (Lipinski definition) is 1. The third-order valence-corrected chi connectivity index (χ3v) is 6.07. The molecule has 0 saturated heterocycles. The zero-order valence-electron chi connectivity index (χ0n) is 15.5. The van der Waals surface area contributed by atoms with Gasteiger partial charge in [-0.1, -0.05) is 54.4 Å². The van der Waals surface area contributed by atoms with Crippen molar-refractivity contribution >= 4 is 0 Å². The van der Waals surface area contributed by atoms with Crippen LogP contribution in [0.25, 0.3) is 0 Å². The molecule has 0 bridgehead atoms. The Morgan fingerprint density at radius 2 is 1.67 bits per heavy atom. The topological polar surface area (TPSA) is 15.3 Å². The second-order valence-electron chi connectivity index (χ2n) is 7.05. The molecule has 1 aliphatic carbocycles. The molecule has 2 heteroatoms. The highest BCUT2D eigenvalue weighted by atomic mass is 15.2. The van der Waals surface area contributed by atoms with Crippen molar-refractivity contribution in [1.29, 1.82) is 0 Å². The van der Waals surface area contributed by atoms with Gasteiger partial charge in [0, 0.05) is 11.6 Å². The maximum absolute atomic E-state index is 3.92. The Morgan fingerprint density at radius 3 is 2.10 bits per heavy atom. The van der Waals surface area contributed by atoms with Gasteiger partial charge < -0.3 is 5.32 Å². The minimum absolute atomic E-state index is 0.335. The molecule has 126 valence electrons. The van der Waals surface area contributed by atoms with Crippen molar-refractivity contribution < 1.29 is 0 Å². The summed E-state index contributed by atoms with van der Waals surface area (Å²) in [7, 11) is 0. The summed E-state index contributed by atoms with van der Waals surface area (Å²) in [5.41, 5.74) is 0.335. The number of likely N-dealkylation sites (N-methyl/N-ethyl adjacent to an activating group) is 2. The van der Waals surface area contributed by atoms with Crippen molar-refractivity contribution in [3.05, 3.63) is 0 Å². The Balaban J connectivity index is 3.06. The smallest absolute Gasteiger partial charge is 0.0359 e. The van der Waals surface area contributed by atoms with Crippen LogP contribution < -0.4 is 5.32 Å². The van der Waals surface area contributed by atoms with Gasteiger partial charge in [-0.15, -0.1) is 0 Å². The first-order valence-corrected chi connectivity index (χ1v) is 9.57. The number of nitrogens with zero attached hydrogens (tertiary/aromatic N) is 1. The van der Waals surface area contributed by atoms with E-state index in [1.807, 2.05) is 0 Å². The average Bonchev–Trinajstić information content (AvgIpc) is 2.51. The van der Waals surface area contributed by atoms with E-state index < -0.39 is 0 Å². The van der Waals surface area contributed by atoms with Gasteiger partial charge in [0.25, 0.3) is 0 Å². The van der Waals surface area contributed by atoms with E-state index in [1.54, 1.807) is 0 Å². The van der Waals surface area contributed by atoms with Gasteiger partial charge in [0.2, 0.25) is 0 Å². The lowest BCUT2D eigenvalue weighted by molar-refractivity contribution is 0.0147. The molecule has 0 heterocycles. The summed E-state index contributed by atoms with van der Waals surface area (Å²) >= 11 is 0. The predicted octanol–water partition coefficient (Wildman–Crippen LogP) is 4.69. The molecule has 21 heavy (non-hydrogen) atoms. The quantitative estimate of drug-likeness (QED) is 0.664. The van der Waals surface area contributed by atoms with Crippen molar-refractivity contribution in [2.45, 2.75) is 91.6 Å². The summed E-state index contributed by atoms with van der Waals surface area (Å²) in [6.45, 7) is 17.6. The standard InChI is InChI=1S/C19H40N2/c1-7-19(8-2,21(10-4)11-5)18(20-9-3)17-14-12-13-16(6)15-17/h16-18,20H,7-15H2,1-6H3. The van der Waals surface area contributed by atoms with E-state index in [0.29, 0.717) is 11.6 Å². The maximum atomic E-state index is 3.92. The van der Waals surface area contributed by atoms with Crippen LogP contribution in [0.15, 0.2) is 0 Å². The molecule has 1 fully saturated rings. The molecular weight excluding hydrogens is 256 g/mol. The van der Waals surface area contributed by atoms with Gasteiger partial charge in [-0.3, -0.25) is 4.90 Å². The zero-order valence-corrected chi connectivity index (χ0v) is 15.5. The summed E-state index contributed by atoms with van der Waals surface area (Å²) in [6, 6.07) is 0.653. The molecule has 1 N–H and O–H groups in total. The third-order valence-electron chi connectivity index (χ3n) is 6.07. The first-order valence-electron chi connectivity index (χ1n) is 9.57. The van der Waals surface area contributed by atoms with Crippen LogP contribution >= 0.6 is 0 Å². The largest absolute Gasteiger partial charge is 0.312 e. The van der Waals surface area contributed by atoms with E-state index in [2.05, 4.69) is 51.8 Å². The Bertz CT molecular complexity index is 269. The number of hydrogen-bond acceptors (Lipinski definition) is 2. The molecule has 0 aromatic heterocycles. The summed E-state index contributed by atoms with van der Waals surface area (Å²) in [5, 5.41) is 3.92. The lowest BCUT2D eigenvalue weighted by Crippen LogP contribution is -2.63. The molecule has 0 aromatic carbocycles. The minimum atomic E-state index is 0.335. The predicted molar refractivity (Wildman–Crippen MR) is 94.8 cm³/mol. The highest BCUT2D eigenvalue weighted by Gasteiger charge is 2.43. The Kier molecular flexibility index (Phi) is 8.26. The minimum Gasteiger partial charge on any atom is -0.312 e. The van der Waals surface area contributed by atoms with Crippen LogP contribution in [0, 0.1) is 11.8 Å². The first-order chi connectivity index (χ1) is 10.1. The average molecular weight is 297 g/mol. The molecule has 0 aromatic rings. The summed E-state index contributed by atoms with van der Waals surface area (Å²) in [5.74, 6) is 1.77. The summed E-state index contributed by atoms with van der Waals surface area (Å²) in [4.78, 5) is 2.74. The van der Waals surface area contributed by atoms with Crippen molar-refractivity contribution in [2.75, 3.05) is 19.6 Å². The molecule has 0 radical (unpaired) electrons.